The number of rotatable bonds is 4. The molecule has 3 N–H and O–H groups in total. The van der Waals surface area contributed by atoms with Gasteiger partial charge < -0.3 is 25.0 Å². The Morgan fingerprint density at radius 1 is 1.08 bits per heavy atom. The fraction of sp³-hybridized carbons (Fsp3) is 0.567. The first-order valence-corrected chi connectivity index (χ1v) is 13.2. The van der Waals surface area contributed by atoms with Gasteiger partial charge in [-0.05, 0) is 37.1 Å². The Kier molecular flexibility index (Phi) is 5.97. The highest BCUT2D eigenvalue weighted by atomic mass is 16.6. The zero-order valence-corrected chi connectivity index (χ0v) is 22.9. The number of esters is 2. The van der Waals surface area contributed by atoms with E-state index in [1.54, 1.807) is 58.2 Å². The molecule has 0 spiro atoms. The zero-order valence-electron chi connectivity index (χ0n) is 22.9. The highest BCUT2D eigenvalue weighted by Crippen LogP contribution is 2.77. The largest absolute Gasteiger partial charge is 0.454 e. The summed E-state index contributed by atoms with van der Waals surface area (Å²) < 4.78 is 12.3. The minimum Gasteiger partial charge on any atom is -0.454 e. The van der Waals surface area contributed by atoms with Crippen LogP contribution in [0, 0.1) is 35.0 Å². The molecule has 38 heavy (non-hydrogen) atoms. The minimum absolute atomic E-state index is 0.195. The van der Waals surface area contributed by atoms with Crippen LogP contribution in [0.1, 0.15) is 51.9 Å². The smallest absolute Gasteiger partial charge is 0.340 e. The summed E-state index contributed by atoms with van der Waals surface area (Å²) in [6, 6.07) is 6.95. The zero-order chi connectivity index (χ0) is 27.9. The molecule has 4 aliphatic carbocycles. The molecule has 1 aromatic rings. The van der Waals surface area contributed by atoms with E-state index in [9.17, 15) is 24.6 Å². The number of hydrogen-bond donors (Lipinski definition) is 3. The summed E-state index contributed by atoms with van der Waals surface area (Å²) in [5.41, 5.74) is -1.41. The van der Waals surface area contributed by atoms with Crippen LogP contribution < -0.4 is 5.32 Å². The Balaban J connectivity index is 1.68. The van der Waals surface area contributed by atoms with Gasteiger partial charge in [-0.2, -0.15) is 0 Å². The van der Waals surface area contributed by atoms with E-state index in [-0.39, 0.29) is 5.78 Å². The molecule has 8 nitrogen and oxygen atoms in total. The molecule has 0 heterocycles. The van der Waals surface area contributed by atoms with E-state index in [0.717, 1.165) is 0 Å². The number of carbonyl (C=O) groups excluding carboxylic acids is 3. The number of benzene rings is 1. The van der Waals surface area contributed by atoms with Crippen molar-refractivity contribution in [3.63, 3.8) is 0 Å². The number of carbonyl (C=O) groups is 3. The number of hydrogen-bond acceptors (Lipinski definition) is 8. The first-order valence-electron chi connectivity index (χ1n) is 13.2. The quantitative estimate of drug-likeness (QED) is 0.406. The second kappa shape index (κ2) is 8.52. The topological polar surface area (TPSA) is 122 Å². The predicted molar refractivity (Wildman–Crippen MR) is 140 cm³/mol. The number of fused-ring (bicyclic) bond motifs is 5. The molecule has 4 aliphatic rings. The number of ketones is 1. The highest BCUT2D eigenvalue weighted by molar-refractivity contribution is 6.00. The summed E-state index contributed by atoms with van der Waals surface area (Å²) >= 11 is 0. The van der Waals surface area contributed by atoms with E-state index in [1.807, 2.05) is 19.9 Å². The van der Waals surface area contributed by atoms with Gasteiger partial charge in [-0.1, -0.05) is 45.1 Å². The van der Waals surface area contributed by atoms with E-state index in [4.69, 9.17) is 9.47 Å². The predicted octanol–water partition coefficient (Wildman–Crippen LogP) is 3.29. The second-order valence-electron chi connectivity index (χ2n) is 12.0. The number of anilines is 1. The number of allylic oxidation sites excluding steroid dienone is 1. The van der Waals surface area contributed by atoms with Crippen LogP contribution in [0.3, 0.4) is 0 Å². The molecule has 0 radical (unpaired) electrons. The Morgan fingerprint density at radius 2 is 1.74 bits per heavy atom. The Hall–Kier alpha value is -2.97. The van der Waals surface area contributed by atoms with Gasteiger partial charge in [-0.15, -0.1) is 0 Å². The number of ether oxygens (including phenoxy) is 2. The van der Waals surface area contributed by atoms with Crippen molar-refractivity contribution < 1.29 is 34.1 Å². The van der Waals surface area contributed by atoms with Gasteiger partial charge in [0.2, 0.25) is 0 Å². The van der Waals surface area contributed by atoms with Crippen LogP contribution in [0.4, 0.5) is 5.69 Å². The summed E-state index contributed by atoms with van der Waals surface area (Å²) in [5.74, 6) is -4.55. The molecule has 5 rings (SSSR count). The number of para-hydroxylation sites is 1. The summed E-state index contributed by atoms with van der Waals surface area (Å²) in [7, 11) is 1.71. The Bertz CT molecular complexity index is 1280. The summed E-state index contributed by atoms with van der Waals surface area (Å²) in [4.78, 5) is 39.3. The fourth-order valence-electron chi connectivity index (χ4n) is 8.04. The van der Waals surface area contributed by atoms with Crippen LogP contribution in [0.2, 0.25) is 0 Å². The number of aliphatic hydroxyl groups excluding tert-OH is 1. The minimum atomic E-state index is -1.55. The Morgan fingerprint density at radius 3 is 2.37 bits per heavy atom. The lowest BCUT2D eigenvalue weighted by Gasteiger charge is -2.52. The molecule has 0 aromatic heterocycles. The molecule has 0 saturated heterocycles. The van der Waals surface area contributed by atoms with Crippen molar-refractivity contribution in [3.05, 3.63) is 53.1 Å². The van der Waals surface area contributed by atoms with Crippen molar-refractivity contribution in [1.82, 2.24) is 0 Å². The molecule has 1 aromatic carbocycles. The molecule has 2 fully saturated rings. The number of nitrogens with one attached hydrogen (secondary N) is 1. The molecule has 9 atom stereocenters. The third-order valence-electron chi connectivity index (χ3n) is 9.92. The molecule has 204 valence electrons. The average Bonchev–Trinajstić information content (AvgIpc) is 3.20. The molecule has 8 heteroatoms. The van der Waals surface area contributed by atoms with Crippen LogP contribution in [0.25, 0.3) is 0 Å². The van der Waals surface area contributed by atoms with Gasteiger partial charge in [0.05, 0.1) is 23.2 Å². The third-order valence-corrected chi connectivity index (χ3v) is 9.92. The maximum absolute atomic E-state index is 13.6. The van der Waals surface area contributed by atoms with Gasteiger partial charge in [0.25, 0.3) is 0 Å². The van der Waals surface area contributed by atoms with E-state index < -0.39 is 70.4 Å². The van der Waals surface area contributed by atoms with Crippen molar-refractivity contribution in [3.8, 4) is 0 Å². The first-order chi connectivity index (χ1) is 17.7. The standard InChI is InChI=1S/C30H37NO7/c1-14-12-19-22(23(14)33)24(34)15(2)13-20-25-28(5,6)30(25,38-17(4)32)26(16(3)29(19,20)36)37-27(35)18-10-8-9-11-21(18)31-7/h8-13,16,19-20,22,24-26,31,34,36H,1-7H3/t16-,19-,20-,22-,24-,25-,26-,29+,30-/m1/s1. The van der Waals surface area contributed by atoms with E-state index in [2.05, 4.69) is 5.32 Å². The van der Waals surface area contributed by atoms with Crippen molar-refractivity contribution in [2.45, 2.75) is 65.0 Å². The number of aliphatic hydroxyl groups is 2. The van der Waals surface area contributed by atoms with Crippen LogP contribution >= 0.6 is 0 Å². The van der Waals surface area contributed by atoms with Crippen molar-refractivity contribution in [2.75, 3.05) is 12.4 Å². The molecule has 0 unspecified atom stereocenters. The normalized spacial score (nSPS) is 40.4. The lowest BCUT2D eigenvalue weighted by atomic mass is 9.59. The van der Waals surface area contributed by atoms with Crippen molar-refractivity contribution >= 4 is 23.4 Å². The summed E-state index contributed by atoms with van der Waals surface area (Å²) in [6.07, 6.45) is 1.55. The molecule has 0 aliphatic heterocycles. The van der Waals surface area contributed by atoms with Gasteiger partial charge >= 0.3 is 11.9 Å². The third kappa shape index (κ3) is 3.26. The second-order valence-corrected chi connectivity index (χ2v) is 12.0. The molecular weight excluding hydrogens is 486 g/mol. The van der Waals surface area contributed by atoms with Gasteiger partial charge in [0.1, 0.15) is 6.10 Å². The summed E-state index contributed by atoms with van der Waals surface area (Å²) in [5, 5.41) is 26.9. The van der Waals surface area contributed by atoms with E-state index in [1.165, 1.54) is 6.92 Å². The van der Waals surface area contributed by atoms with Crippen LogP contribution in [-0.2, 0) is 19.1 Å². The van der Waals surface area contributed by atoms with Crippen LogP contribution in [0.5, 0.6) is 0 Å². The first kappa shape index (κ1) is 26.6. The molecule has 0 amide bonds. The highest BCUT2D eigenvalue weighted by Gasteiger charge is 2.87. The Labute approximate surface area is 223 Å². The van der Waals surface area contributed by atoms with Gasteiger partial charge in [0.15, 0.2) is 11.4 Å². The summed E-state index contributed by atoms with van der Waals surface area (Å²) in [6.45, 7) is 10.5. The lowest BCUT2D eigenvalue weighted by molar-refractivity contribution is -0.208. The molecule has 0 bridgehead atoms. The lowest BCUT2D eigenvalue weighted by Crippen LogP contribution is -2.64. The van der Waals surface area contributed by atoms with E-state index in [0.29, 0.717) is 22.4 Å². The van der Waals surface area contributed by atoms with Gasteiger partial charge in [-0.25, -0.2) is 4.79 Å². The monoisotopic (exact) mass is 523 g/mol. The van der Waals surface area contributed by atoms with E-state index >= 15 is 0 Å². The van der Waals surface area contributed by atoms with Crippen molar-refractivity contribution in [2.24, 2.45) is 35.0 Å². The van der Waals surface area contributed by atoms with Crippen molar-refractivity contribution in [1.29, 1.82) is 0 Å². The van der Waals surface area contributed by atoms with Crippen LogP contribution in [-0.4, -0.2) is 58.4 Å². The fourth-order valence-corrected chi connectivity index (χ4v) is 8.04. The molecular formula is C30H37NO7. The van der Waals surface area contributed by atoms with Crippen LogP contribution in [0.15, 0.2) is 47.6 Å². The maximum atomic E-state index is 13.6. The van der Waals surface area contributed by atoms with Gasteiger partial charge in [0, 0.05) is 48.7 Å². The molecule has 2 saturated carbocycles. The maximum Gasteiger partial charge on any atom is 0.340 e. The van der Waals surface area contributed by atoms with Gasteiger partial charge in [-0.3, -0.25) is 9.59 Å². The number of Topliss-reactive ketones (excluding diaryl/α,β-unsaturated/α-hetero) is 1. The SMILES string of the molecule is CNc1ccccc1C(=O)O[C@@H]1[C@@H](C)[C@]2(O)[C@@H]3C=C(C)C(=O)[C@@H]3[C@H](O)C(C)=C[C@@H]2[C@@H]2C(C)(C)[C@]12OC(C)=O. The average molecular weight is 524 g/mol.